The third-order valence-electron chi connectivity index (χ3n) is 3.94. The minimum atomic E-state index is -0.307. The Hall–Kier alpha value is -1.85. The molecule has 1 fully saturated rings. The summed E-state index contributed by atoms with van der Waals surface area (Å²) >= 11 is 0. The summed E-state index contributed by atoms with van der Waals surface area (Å²) in [6.45, 7) is 8.64. The van der Waals surface area contributed by atoms with E-state index in [0.717, 1.165) is 44.0 Å². The summed E-state index contributed by atoms with van der Waals surface area (Å²) < 4.78 is 16.0. The predicted molar refractivity (Wildman–Crippen MR) is 94.1 cm³/mol. The second kappa shape index (κ2) is 10.1. The van der Waals surface area contributed by atoms with Gasteiger partial charge in [-0.2, -0.15) is 0 Å². The topological polar surface area (TPSA) is 48.0 Å². The Kier molecular flexibility index (Phi) is 7.79. The number of carbonyl (C=O) groups is 1. The number of morpholine rings is 1. The molecule has 0 bridgehead atoms. The number of esters is 1. The van der Waals surface area contributed by atoms with Gasteiger partial charge in [0.25, 0.3) is 0 Å². The molecule has 1 unspecified atom stereocenters. The van der Waals surface area contributed by atoms with Gasteiger partial charge in [0.1, 0.15) is 5.75 Å². The Balaban J connectivity index is 1.65. The number of ether oxygens (including phenoxy) is 3. The zero-order valence-corrected chi connectivity index (χ0v) is 14.6. The van der Waals surface area contributed by atoms with Crippen molar-refractivity contribution in [3.8, 4) is 5.75 Å². The maximum atomic E-state index is 11.7. The first-order valence-electron chi connectivity index (χ1n) is 8.58. The molecule has 0 amide bonds. The fourth-order valence-electron chi connectivity index (χ4n) is 2.59. The van der Waals surface area contributed by atoms with Crippen molar-refractivity contribution in [1.82, 2.24) is 4.90 Å². The van der Waals surface area contributed by atoms with E-state index in [2.05, 4.69) is 11.8 Å². The first-order chi connectivity index (χ1) is 11.7. The lowest BCUT2D eigenvalue weighted by Gasteiger charge is -2.33. The summed E-state index contributed by atoms with van der Waals surface area (Å²) in [4.78, 5) is 14.1. The van der Waals surface area contributed by atoms with Crippen molar-refractivity contribution in [3.63, 3.8) is 0 Å². The van der Waals surface area contributed by atoms with Gasteiger partial charge in [-0.05, 0) is 44.0 Å². The normalized spacial score (nSPS) is 18.7. The van der Waals surface area contributed by atoms with Crippen molar-refractivity contribution < 1.29 is 19.0 Å². The molecule has 1 heterocycles. The van der Waals surface area contributed by atoms with Crippen molar-refractivity contribution in [2.45, 2.75) is 26.3 Å². The molecule has 1 aromatic rings. The lowest BCUT2D eigenvalue weighted by Crippen LogP contribution is -2.44. The highest BCUT2D eigenvalue weighted by Gasteiger charge is 2.17. The number of nitrogens with zero attached hydrogens (tertiary/aromatic N) is 1. The molecule has 0 spiro atoms. The maximum Gasteiger partial charge on any atom is 0.330 e. The van der Waals surface area contributed by atoms with Crippen LogP contribution in [-0.2, 0) is 14.3 Å². The highest BCUT2D eigenvalue weighted by atomic mass is 16.5. The van der Waals surface area contributed by atoms with Crippen molar-refractivity contribution in [3.05, 3.63) is 35.9 Å². The molecule has 0 radical (unpaired) electrons. The number of hydrogen-bond acceptors (Lipinski definition) is 5. The van der Waals surface area contributed by atoms with E-state index in [4.69, 9.17) is 14.2 Å². The molecule has 1 aliphatic heterocycles. The highest BCUT2D eigenvalue weighted by Crippen LogP contribution is 2.13. The van der Waals surface area contributed by atoms with Crippen LogP contribution in [0.3, 0.4) is 0 Å². The minimum Gasteiger partial charge on any atom is -0.494 e. The van der Waals surface area contributed by atoms with Gasteiger partial charge in [-0.25, -0.2) is 4.79 Å². The SMILES string of the molecule is CCOc1ccc(/C=C/C(=O)OCCCN2CCOCC2C)cc1. The number of rotatable bonds is 8. The van der Waals surface area contributed by atoms with E-state index in [1.54, 1.807) is 6.08 Å². The second-order valence-corrected chi connectivity index (χ2v) is 5.82. The number of hydrogen-bond donors (Lipinski definition) is 0. The first kappa shape index (κ1) is 18.5. The lowest BCUT2D eigenvalue weighted by atomic mass is 10.2. The molecular formula is C19H27NO4. The van der Waals surface area contributed by atoms with Gasteiger partial charge < -0.3 is 14.2 Å². The Bertz CT molecular complexity index is 527. The summed E-state index contributed by atoms with van der Waals surface area (Å²) in [5, 5.41) is 0. The van der Waals surface area contributed by atoms with E-state index in [-0.39, 0.29) is 5.97 Å². The molecule has 0 aromatic heterocycles. The summed E-state index contributed by atoms with van der Waals surface area (Å²) in [5.74, 6) is 0.522. The fourth-order valence-corrected chi connectivity index (χ4v) is 2.59. The quantitative estimate of drug-likeness (QED) is 0.416. The van der Waals surface area contributed by atoms with Crippen LogP contribution in [0.5, 0.6) is 5.75 Å². The molecule has 132 valence electrons. The van der Waals surface area contributed by atoms with Crippen molar-refractivity contribution in [2.75, 3.05) is 39.5 Å². The Morgan fingerprint density at radius 2 is 2.17 bits per heavy atom. The van der Waals surface area contributed by atoms with Crippen LogP contribution in [-0.4, -0.2) is 56.4 Å². The van der Waals surface area contributed by atoms with Crippen LogP contribution >= 0.6 is 0 Å². The summed E-state index contributed by atoms with van der Waals surface area (Å²) in [5.41, 5.74) is 0.942. The average Bonchev–Trinajstić information content (AvgIpc) is 2.60. The molecule has 1 atom stereocenters. The van der Waals surface area contributed by atoms with Crippen molar-refractivity contribution in [2.24, 2.45) is 0 Å². The molecule has 1 saturated heterocycles. The first-order valence-corrected chi connectivity index (χ1v) is 8.58. The molecule has 5 nitrogen and oxygen atoms in total. The third-order valence-corrected chi connectivity index (χ3v) is 3.94. The van der Waals surface area contributed by atoms with Gasteiger partial charge in [-0.1, -0.05) is 12.1 Å². The lowest BCUT2D eigenvalue weighted by molar-refractivity contribution is -0.138. The van der Waals surface area contributed by atoms with E-state index in [1.165, 1.54) is 6.08 Å². The van der Waals surface area contributed by atoms with Crippen LogP contribution in [0.15, 0.2) is 30.3 Å². The van der Waals surface area contributed by atoms with E-state index in [1.807, 2.05) is 31.2 Å². The van der Waals surface area contributed by atoms with Crippen molar-refractivity contribution in [1.29, 1.82) is 0 Å². The van der Waals surface area contributed by atoms with Gasteiger partial charge >= 0.3 is 5.97 Å². The van der Waals surface area contributed by atoms with Crippen LogP contribution in [0.1, 0.15) is 25.8 Å². The van der Waals surface area contributed by atoms with Gasteiger partial charge in [-0.3, -0.25) is 4.90 Å². The second-order valence-electron chi connectivity index (χ2n) is 5.82. The smallest absolute Gasteiger partial charge is 0.330 e. The van der Waals surface area contributed by atoms with Gasteiger partial charge in [-0.15, -0.1) is 0 Å². The summed E-state index contributed by atoms with van der Waals surface area (Å²) in [7, 11) is 0. The number of benzene rings is 1. The molecule has 0 saturated carbocycles. The number of carbonyl (C=O) groups excluding carboxylic acids is 1. The van der Waals surface area contributed by atoms with Gasteiger partial charge in [0.15, 0.2) is 0 Å². The third kappa shape index (κ3) is 6.34. The van der Waals surface area contributed by atoms with Crippen LogP contribution < -0.4 is 4.74 Å². The fraction of sp³-hybridized carbons (Fsp3) is 0.526. The molecule has 0 aliphatic carbocycles. The van der Waals surface area contributed by atoms with Crippen LogP contribution in [0.2, 0.25) is 0 Å². The largest absolute Gasteiger partial charge is 0.494 e. The molecule has 5 heteroatoms. The van der Waals surface area contributed by atoms with Gasteiger partial charge in [0.05, 0.1) is 26.4 Å². The average molecular weight is 333 g/mol. The Labute approximate surface area is 144 Å². The van der Waals surface area contributed by atoms with Crippen LogP contribution in [0.25, 0.3) is 6.08 Å². The van der Waals surface area contributed by atoms with E-state index >= 15 is 0 Å². The van der Waals surface area contributed by atoms with Gasteiger partial charge in [0.2, 0.25) is 0 Å². The summed E-state index contributed by atoms with van der Waals surface area (Å²) in [6, 6.07) is 8.04. The highest BCUT2D eigenvalue weighted by molar-refractivity contribution is 5.87. The zero-order valence-electron chi connectivity index (χ0n) is 14.6. The zero-order chi connectivity index (χ0) is 17.2. The monoisotopic (exact) mass is 333 g/mol. The predicted octanol–water partition coefficient (Wildman–Crippen LogP) is 2.75. The van der Waals surface area contributed by atoms with E-state index < -0.39 is 0 Å². The maximum absolute atomic E-state index is 11.7. The van der Waals surface area contributed by atoms with E-state index in [9.17, 15) is 4.79 Å². The Morgan fingerprint density at radius 1 is 1.38 bits per heavy atom. The Morgan fingerprint density at radius 3 is 2.88 bits per heavy atom. The molecule has 0 N–H and O–H groups in total. The minimum absolute atomic E-state index is 0.307. The van der Waals surface area contributed by atoms with Gasteiger partial charge in [0, 0.05) is 25.2 Å². The standard InChI is InChI=1S/C19H27NO4/c1-3-23-18-8-5-17(6-9-18)7-10-19(21)24-13-4-11-20-12-14-22-15-16(20)2/h5-10,16H,3-4,11-15H2,1-2H3/b10-7+. The molecule has 2 rings (SSSR count). The van der Waals surface area contributed by atoms with E-state index in [0.29, 0.717) is 19.3 Å². The van der Waals surface area contributed by atoms with Crippen LogP contribution in [0, 0.1) is 0 Å². The molecular weight excluding hydrogens is 306 g/mol. The molecule has 1 aromatic carbocycles. The summed E-state index contributed by atoms with van der Waals surface area (Å²) in [6.07, 6.45) is 4.06. The molecule has 1 aliphatic rings. The van der Waals surface area contributed by atoms with Crippen molar-refractivity contribution >= 4 is 12.0 Å². The van der Waals surface area contributed by atoms with Crippen LogP contribution in [0.4, 0.5) is 0 Å². The molecule has 24 heavy (non-hydrogen) atoms.